The number of nitrogens with one attached hydrogen (secondary N) is 1. The highest BCUT2D eigenvalue weighted by Crippen LogP contribution is 2.25. The van der Waals surface area contributed by atoms with Gasteiger partial charge >= 0.3 is 0 Å². The lowest BCUT2D eigenvalue weighted by molar-refractivity contribution is -0.116. The van der Waals surface area contributed by atoms with Crippen LogP contribution in [0.4, 0.5) is 5.69 Å². The Hall–Kier alpha value is -1.07. The second-order valence-electron chi connectivity index (χ2n) is 3.71. The van der Waals surface area contributed by atoms with Crippen LogP contribution in [0.1, 0.15) is 19.8 Å². The maximum absolute atomic E-state index is 11.4. The molecule has 0 aliphatic heterocycles. The Morgan fingerprint density at radius 1 is 1.41 bits per heavy atom. The fraction of sp³-hybridized carbons (Fsp3) is 0.364. The van der Waals surface area contributed by atoms with Crippen molar-refractivity contribution in [3.8, 4) is 0 Å². The monoisotopic (exact) mass is 275 g/mol. The van der Waals surface area contributed by atoms with Gasteiger partial charge in [0.05, 0.1) is 15.6 Å². The van der Waals surface area contributed by atoms with Crippen LogP contribution in [0.2, 0.25) is 5.02 Å². The van der Waals surface area contributed by atoms with Crippen molar-refractivity contribution in [2.24, 2.45) is 0 Å². The summed E-state index contributed by atoms with van der Waals surface area (Å²) < 4.78 is 22.7. The summed E-state index contributed by atoms with van der Waals surface area (Å²) in [6.45, 7) is 1.88. The number of anilines is 1. The summed E-state index contributed by atoms with van der Waals surface area (Å²) >= 11 is 5.88. The van der Waals surface area contributed by atoms with Gasteiger partial charge < -0.3 is 5.32 Å². The molecule has 1 N–H and O–H groups in total. The lowest BCUT2D eigenvalue weighted by Gasteiger charge is -2.08. The van der Waals surface area contributed by atoms with E-state index in [1.54, 1.807) is 0 Å². The summed E-state index contributed by atoms with van der Waals surface area (Å²) in [5.41, 5.74) is 0.327. The lowest BCUT2D eigenvalue weighted by Crippen LogP contribution is -2.11. The molecule has 1 aromatic carbocycles. The number of carbonyl (C=O) groups excluding carboxylic acids is 1. The maximum Gasteiger partial charge on any atom is 0.224 e. The SMILES string of the molecule is CCCC(=O)Nc1cc(S(C)(=O)=O)ccc1Cl. The fourth-order valence-electron chi connectivity index (χ4n) is 1.27. The molecular weight excluding hydrogens is 262 g/mol. The molecule has 0 radical (unpaired) electrons. The number of sulfone groups is 1. The lowest BCUT2D eigenvalue weighted by atomic mass is 10.3. The van der Waals surface area contributed by atoms with E-state index in [1.165, 1.54) is 18.2 Å². The summed E-state index contributed by atoms with van der Waals surface area (Å²) in [6, 6.07) is 4.23. The van der Waals surface area contributed by atoms with E-state index in [1.807, 2.05) is 6.92 Å². The van der Waals surface area contributed by atoms with Crippen LogP contribution in [0.5, 0.6) is 0 Å². The van der Waals surface area contributed by atoms with Crippen molar-refractivity contribution in [3.63, 3.8) is 0 Å². The van der Waals surface area contributed by atoms with Gasteiger partial charge in [-0.05, 0) is 24.6 Å². The van der Waals surface area contributed by atoms with E-state index in [0.29, 0.717) is 17.1 Å². The van der Waals surface area contributed by atoms with E-state index in [2.05, 4.69) is 5.32 Å². The third-order valence-electron chi connectivity index (χ3n) is 2.12. The number of carbonyl (C=O) groups is 1. The summed E-state index contributed by atoms with van der Waals surface area (Å²) in [7, 11) is -3.30. The molecule has 0 saturated heterocycles. The molecule has 0 unspecified atom stereocenters. The first-order valence-corrected chi connectivity index (χ1v) is 7.41. The maximum atomic E-state index is 11.4. The topological polar surface area (TPSA) is 63.2 Å². The molecule has 0 bridgehead atoms. The number of hydrogen-bond acceptors (Lipinski definition) is 3. The smallest absolute Gasteiger partial charge is 0.224 e. The second kappa shape index (κ2) is 5.51. The Morgan fingerprint density at radius 3 is 2.59 bits per heavy atom. The Morgan fingerprint density at radius 2 is 2.06 bits per heavy atom. The normalized spacial score (nSPS) is 11.2. The molecule has 0 spiro atoms. The highest BCUT2D eigenvalue weighted by molar-refractivity contribution is 7.90. The zero-order valence-corrected chi connectivity index (χ0v) is 11.2. The van der Waals surface area contributed by atoms with Crippen molar-refractivity contribution < 1.29 is 13.2 Å². The van der Waals surface area contributed by atoms with Gasteiger partial charge in [0.25, 0.3) is 0 Å². The molecule has 1 rings (SSSR count). The van der Waals surface area contributed by atoms with E-state index in [4.69, 9.17) is 11.6 Å². The Balaban J connectivity index is 3.03. The molecule has 0 heterocycles. The van der Waals surface area contributed by atoms with Gasteiger partial charge in [-0.25, -0.2) is 8.42 Å². The van der Waals surface area contributed by atoms with Gasteiger partial charge in [-0.2, -0.15) is 0 Å². The first-order valence-electron chi connectivity index (χ1n) is 5.14. The first kappa shape index (κ1) is 14.0. The highest BCUT2D eigenvalue weighted by Gasteiger charge is 2.11. The van der Waals surface area contributed by atoms with E-state index in [9.17, 15) is 13.2 Å². The largest absolute Gasteiger partial charge is 0.325 e. The van der Waals surface area contributed by atoms with E-state index >= 15 is 0 Å². The number of benzene rings is 1. The van der Waals surface area contributed by atoms with Crippen LogP contribution in [-0.2, 0) is 14.6 Å². The number of amides is 1. The van der Waals surface area contributed by atoms with Crippen LogP contribution in [0.15, 0.2) is 23.1 Å². The molecule has 0 atom stereocenters. The fourth-order valence-corrected chi connectivity index (χ4v) is 2.08. The minimum Gasteiger partial charge on any atom is -0.325 e. The number of hydrogen-bond donors (Lipinski definition) is 1. The molecule has 1 amide bonds. The van der Waals surface area contributed by atoms with Crippen molar-refractivity contribution in [1.82, 2.24) is 0 Å². The van der Waals surface area contributed by atoms with Crippen molar-refractivity contribution in [2.45, 2.75) is 24.7 Å². The zero-order valence-electron chi connectivity index (χ0n) is 9.66. The van der Waals surface area contributed by atoms with Crippen molar-refractivity contribution in [1.29, 1.82) is 0 Å². The highest BCUT2D eigenvalue weighted by atomic mass is 35.5. The molecule has 6 heteroatoms. The van der Waals surface area contributed by atoms with Crippen molar-refractivity contribution in [3.05, 3.63) is 23.2 Å². The first-order chi connectivity index (χ1) is 7.84. The number of halogens is 1. The second-order valence-corrected chi connectivity index (χ2v) is 6.13. The van der Waals surface area contributed by atoms with Gasteiger partial charge in [-0.1, -0.05) is 18.5 Å². The number of rotatable bonds is 4. The summed E-state index contributed by atoms with van der Waals surface area (Å²) in [5.74, 6) is -0.181. The van der Waals surface area contributed by atoms with Crippen LogP contribution in [0.25, 0.3) is 0 Å². The molecule has 17 heavy (non-hydrogen) atoms. The zero-order chi connectivity index (χ0) is 13.1. The minimum atomic E-state index is -3.30. The standard InChI is InChI=1S/C11H14ClNO3S/c1-3-4-11(14)13-10-7-8(17(2,15)16)5-6-9(10)12/h5-7H,3-4H2,1-2H3,(H,13,14). The van der Waals surface area contributed by atoms with Crippen LogP contribution < -0.4 is 5.32 Å². The quantitative estimate of drug-likeness (QED) is 0.918. The molecule has 0 fully saturated rings. The third-order valence-corrected chi connectivity index (χ3v) is 3.56. The van der Waals surface area contributed by atoms with Crippen LogP contribution in [0.3, 0.4) is 0 Å². The molecule has 4 nitrogen and oxygen atoms in total. The summed E-state index contributed by atoms with van der Waals surface area (Å²) in [6.07, 6.45) is 2.20. The molecular formula is C11H14ClNO3S. The molecule has 0 aliphatic rings. The van der Waals surface area contributed by atoms with E-state index < -0.39 is 9.84 Å². The summed E-state index contributed by atoms with van der Waals surface area (Å²) in [4.78, 5) is 11.5. The molecule has 0 saturated carbocycles. The average Bonchev–Trinajstić information content (AvgIpc) is 2.20. The molecule has 0 aromatic heterocycles. The predicted octanol–water partition coefficient (Wildman–Crippen LogP) is 2.48. The van der Waals surface area contributed by atoms with Gasteiger partial charge in [0.1, 0.15) is 0 Å². The average molecular weight is 276 g/mol. The van der Waals surface area contributed by atoms with Crippen molar-refractivity contribution in [2.75, 3.05) is 11.6 Å². The Labute approximate surface area is 106 Å². The molecule has 0 aliphatic carbocycles. The molecule has 94 valence electrons. The van der Waals surface area contributed by atoms with Gasteiger partial charge in [-0.3, -0.25) is 4.79 Å². The van der Waals surface area contributed by atoms with Crippen LogP contribution >= 0.6 is 11.6 Å². The van der Waals surface area contributed by atoms with Gasteiger partial charge in [-0.15, -0.1) is 0 Å². The minimum absolute atomic E-state index is 0.133. The van der Waals surface area contributed by atoms with Crippen LogP contribution in [-0.4, -0.2) is 20.6 Å². The van der Waals surface area contributed by atoms with Gasteiger partial charge in [0, 0.05) is 12.7 Å². The summed E-state index contributed by atoms with van der Waals surface area (Å²) in [5, 5.41) is 2.91. The molecule has 1 aromatic rings. The Kier molecular flexibility index (Phi) is 4.54. The Bertz CT molecular complexity index is 526. The third kappa shape index (κ3) is 4.02. The van der Waals surface area contributed by atoms with Gasteiger partial charge in [0.2, 0.25) is 5.91 Å². The predicted molar refractivity (Wildman–Crippen MR) is 68.1 cm³/mol. The van der Waals surface area contributed by atoms with Crippen LogP contribution in [0, 0.1) is 0 Å². The van der Waals surface area contributed by atoms with Crippen molar-refractivity contribution >= 4 is 33.0 Å². The van der Waals surface area contributed by atoms with E-state index in [-0.39, 0.29) is 10.8 Å². The van der Waals surface area contributed by atoms with E-state index in [0.717, 1.165) is 12.7 Å². The van der Waals surface area contributed by atoms with Gasteiger partial charge in [0.15, 0.2) is 9.84 Å².